The third-order valence-electron chi connectivity index (χ3n) is 15.5. The third kappa shape index (κ3) is 26.2. The lowest BCUT2D eigenvalue weighted by Gasteiger charge is -2.37. The van der Waals surface area contributed by atoms with Gasteiger partial charge in [-0.05, 0) is 186 Å². The highest BCUT2D eigenvalue weighted by Gasteiger charge is 2.58. The van der Waals surface area contributed by atoms with Gasteiger partial charge in [0.15, 0.2) is 28.5 Å². The second-order valence-electron chi connectivity index (χ2n) is 23.5. The van der Waals surface area contributed by atoms with Crippen molar-refractivity contribution in [2.45, 2.75) is 83.4 Å². The lowest BCUT2D eigenvalue weighted by molar-refractivity contribution is -0.175. The second kappa shape index (κ2) is 45.7. The highest BCUT2D eigenvalue weighted by molar-refractivity contribution is 5.99. The van der Waals surface area contributed by atoms with Gasteiger partial charge in [0.2, 0.25) is 11.5 Å². The van der Waals surface area contributed by atoms with Crippen LogP contribution in [0.25, 0.3) is 45.3 Å². The van der Waals surface area contributed by atoms with Crippen LogP contribution in [0.1, 0.15) is 81.4 Å². The van der Waals surface area contributed by atoms with Crippen molar-refractivity contribution in [1.82, 2.24) is 15.2 Å². The van der Waals surface area contributed by atoms with Crippen molar-refractivity contribution in [1.29, 1.82) is 0 Å². The van der Waals surface area contributed by atoms with E-state index in [2.05, 4.69) is 223 Å². The zero-order valence-electron chi connectivity index (χ0n) is 61.2. The Balaban J connectivity index is 0.000000241. The number of aliphatic hydroxyl groups is 3. The van der Waals surface area contributed by atoms with Crippen molar-refractivity contribution in [2.75, 3.05) is 6.61 Å². The van der Waals surface area contributed by atoms with Gasteiger partial charge in [0.05, 0.1) is 25.7 Å². The summed E-state index contributed by atoms with van der Waals surface area (Å²) in [5.74, 6) is 88.1. The number of ether oxygens (including phenoxy) is 3. The van der Waals surface area contributed by atoms with Crippen LogP contribution in [0.2, 0.25) is 0 Å². The van der Waals surface area contributed by atoms with Crippen LogP contribution < -0.4 is 0 Å². The number of aromatic nitrogens is 2. The summed E-state index contributed by atoms with van der Waals surface area (Å²) in [6.45, 7) is 5.58. The largest absolute Gasteiger partial charge is 0.461 e. The minimum Gasteiger partial charge on any atom is -0.461 e. The number of hydrogen-bond donors (Lipinski definition) is 3. The first-order valence-corrected chi connectivity index (χ1v) is 33.7. The molecule has 115 heavy (non-hydrogen) atoms. The summed E-state index contributed by atoms with van der Waals surface area (Å²) < 4.78 is 39.1. The number of furan rings is 2. The fourth-order valence-corrected chi connectivity index (χ4v) is 9.95. The van der Waals surface area contributed by atoms with Crippen LogP contribution in [-0.4, -0.2) is 71.7 Å². The summed E-state index contributed by atoms with van der Waals surface area (Å²) >= 11 is 0. The van der Waals surface area contributed by atoms with E-state index in [9.17, 15) is 29.7 Å². The predicted molar refractivity (Wildman–Crippen MR) is 434 cm³/mol. The van der Waals surface area contributed by atoms with Crippen LogP contribution in [0.3, 0.4) is 0 Å². The van der Waals surface area contributed by atoms with E-state index in [0.717, 1.165) is 38.3 Å². The number of benzene rings is 5. The summed E-state index contributed by atoms with van der Waals surface area (Å²) in [7, 11) is 0. The molecule has 3 N–H and O–H groups in total. The summed E-state index contributed by atoms with van der Waals surface area (Å²) in [6, 6.07) is 53.4. The number of imide groups is 1. The maximum Gasteiger partial charge on any atom is 0.417 e. The van der Waals surface area contributed by atoms with Crippen molar-refractivity contribution >= 4 is 17.8 Å². The molecule has 5 aromatic carbocycles. The number of hydrogen-bond acceptors (Lipinski definition) is 15. The number of Topliss-reactive ketones (excluding diaryl/α,β-unsaturated/α-hetero) is 1. The number of carbonyl (C=O) groups excluding carboxylic acids is 3. The molecule has 0 unspecified atom stereocenters. The average Bonchev–Trinajstić information content (AvgIpc) is 1.61. The van der Waals surface area contributed by atoms with Gasteiger partial charge in [-0.15, -0.1) is 12.8 Å². The van der Waals surface area contributed by atoms with E-state index >= 15 is 0 Å². The molecule has 550 valence electrons. The maximum atomic E-state index is 14.5. The quantitative estimate of drug-likeness (QED) is 0.0680. The number of cyclic esters (lactones) is 1. The van der Waals surface area contributed by atoms with Crippen LogP contribution in [0, 0.1) is 226 Å². The van der Waals surface area contributed by atoms with E-state index in [1.54, 1.807) is 38.1 Å². The fourth-order valence-electron chi connectivity index (χ4n) is 9.95. The van der Waals surface area contributed by atoms with Crippen LogP contribution in [-0.2, 0) is 37.0 Å². The first-order chi connectivity index (χ1) is 55.6. The minimum absolute atomic E-state index is 0. The molecule has 9 aromatic rings. The average molecular weight is 1500 g/mol. The summed E-state index contributed by atoms with van der Waals surface area (Å²) in [6.07, 6.45) is 8.91. The molecule has 5 atom stereocenters. The van der Waals surface area contributed by atoms with E-state index in [-0.39, 0.29) is 37.8 Å². The predicted octanol–water partition coefficient (Wildman–Crippen LogP) is 12.2. The maximum absolute atomic E-state index is 14.5. The van der Waals surface area contributed by atoms with E-state index in [1.807, 2.05) is 140 Å². The Kier molecular flexibility index (Phi) is 33.9. The zero-order chi connectivity index (χ0) is 80.9. The number of nitrogens with zero attached hydrogens (tertiary/aromatic N) is 3. The van der Waals surface area contributed by atoms with Gasteiger partial charge in [0.1, 0.15) is 41.8 Å². The molecule has 0 radical (unpaired) electrons. The van der Waals surface area contributed by atoms with E-state index < -0.39 is 59.4 Å². The molecule has 1 fully saturated rings. The Morgan fingerprint density at radius 2 is 0.748 bits per heavy atom. The van der Waals surface area contributed by atoms with Gasteiger partial charge >= 0.3 is 6.09 Å². The first-order valence-electron chi connectivity index (χ1n) is 33.7. The number of terminal acetylenes is 2. The summed E-state index contributed by atoms with van der Waals surface area (Å²) in [5, 5.41) is 40.0. The number of carbonyl (C=O) groups is 3. The lowest BCUT2D eigenvalue weighted by Crippen LogP contribution is -2.54. The summed E-state index contributed by atoms with van der Waals surface area (Å²) in [5.41, 5.74) is 1.87. The molecule has 1 aliphatic rings. The molecule has 2 amide bonds. The highest BCUT2D eigenvalue weighted by atomic mass is 16.6. The standard InChI is InChI=1S/C38H2.C35H32N2O7.C25H23NO6.CH4/c1-3-5-7-9-11-13-15-17-19-21-23-25-27-29-31-33-35-37-38-36-34-32-30-28-26-24-22-20-18-16-14-12-10-8-6-4-2;1-34(2)30(26-13-8-5-9-14-26)37(33(40)43-34)32(39)35(3,31(38)27-21-29(44-36-27)28-15-10-20-41-28)42-22-23-16-18-25(19-17-23)24-11-6-4-7-12-24;1-25(23(28)15-27,24(29)20-14-22(32-26-20)21-8-5-13-30-21)31-16-17-9-11-19(12-10-17)18-6-3-2-4-7-18;/h1-2H;4-21,30-31,38H,22H2,1-3H3;2-14,24,27,29H,15-16H2,1H3;1H4/t;30-,31-,35-;24-,25+;/m.00./s1. The minimum atomic E-state index is -1.98. The molecule has 16 nitrogen and oxygen atoms in total. The highest BCUT2D eigenvalue weighted by Crippen LogP contribution is 2.45. The lowest BCUT2D eigenvalue weighted by atomic mass is 9.88. The molecule has 0 spiro atoms. The van der Waals surface area contributed by atoms with Crippen LogP contribution >= 0.6 is 0 Å². The molecule has 0 bridgehead atoms. The van der Waals surface area contributed by atoms with Gasteiger partial charge in [-0.3, -0.25) is 9.59 Å². The Labute approximate surface area is 668 Å². The Hall–Kier alpha value is -16.9. The molecular weight excluding hydrogens is 1440 g/mol. The molecule has 0 aliphatic carbocycles. The SMILES string of the molecule is C.C#CC#CC#CC#CC#CC#CC#CC#CC#CC#CC#CC#CC#CC#CC#CC#CC#CC#CC#C.CC1(C)OC(=O)N(C(=O)[C@@](C)(OCc2ccc(-c3ccccc3)cc2)[C@@H](O)c2cc(-c3ccco3)on2)[C@H]1c1ccccc1.C[C@@](OCc1ccc(-c2ccccc2)cc1)(C(=O)CO)[C@@H](O)c1cc(-c2ccco2)on1. The Morgan fingerprint density at radius 1 is 0.443 bits per heavy atom. The van der Waals surface area contributed by atoms with Crippen LogP contribution in [0.15, 0.2) is 206 Å². The van der Waals surface area contributed by atoms with Gasteiger partial charge in [-0.2, -0.15) is 0 Å². The van der Waals surface area contributed by atoms with Gasteiger partial charge in [-0.25, -0.2) is 9.69 Å². The number of rotatable bonds is 18. The summed E-state index contributed by atoms with van der Waals surface area (Å²) in [4.78, 5) is 41.4. The smallest absolute Gasteiger partial charge is 0.417 e. The van der Waals surface area contributed by atoms with Crippen molar-refractivity contribution in [3.05, 3.63) is 217 Å². The van der Waals surface area contributed by atoms with E-state index in [0.29, 0.717) is 22.8 Å². The second-order valence-corrected chi connectivity index (χ2v) is 23.5. The topological polar surface area (TPSA) is 221 Å². The fraction of sp³-hybridized carbons (Fsp3) is 0.141. The van der Waals surface area contributed by atoms with Gasteiger partial charge in [0.25, 0.3) is 5.91 Å². The Bertz CT molecular complexity index is 6110. The van der Waals surface area contributed by atoms with Crippen molar-refractivity contribution in [3.63, 3.8) is 0 Å². The van der Waals surface area contributed by atoms with Crippen molar-refractivity contribution < 1.29 is 61.8 Å². The van der Waals surface area contributed by atoms with Gasteiger partial charge in [0, 0.05) is 131 Å². The monoisotopic (exact) mass is 1500 g/mol. The molecule has 0 saturated carbocycles. The number of ketones is 1. The first kappa shape index (κ1) is 85.4. The molecule has 1 aliphatic heterocycles. The normalized spacial score (nSPS) is 12.1. The molecular formula is C99H61N3O13. The van der Waals surface area contributed by atoms with Crippen LogP contribution in [0.5, 0.6) is 0 Å². The molecule has 1 saturated heterocycles. The Morgan fingerprint density at radius 3 is 1.06 bits per heavy atom. The van der Waals surface area contributed by atoms with Crippen LogP contribution in [0.4, 0.5) is 4.79 Å². The van der Waals surface area contributed by atoms with Crippen molar-refractivity contribution in [3.8, 4) is 271 Å². The van der Waals surface area contributed by atoms with E-state index in [4.69, 9.17) is 44.9 Å². The van der Waals surface area contributed by atoms with Crippen molar-refractivity contribution in [2.24, 2.45) is 0 Å². The van der Waals surface area contributed by atoms with Gasteiger partial charge in [-0.1, -0.05) is 157 Å². The zero-order valence-corrected chi connectivity index (χ0v) is 61.2. The molecule has 5 heterocycles. The molecule has 16 heteroatoms. The molecule has 10 rings (SSSR count). The number of aliphatic hydroxyl groups excluding tert-OH is 3. The number of amides is 2. The molecule has 4 aromatic heterocycles. The third-order valence-corrected chi connectivity index (χ3v) is 15.5. The van der Waals surface area contributed by atoms with E-state index in [1.165, 1.54) is 38.5 Å². The van der Waals surface area contributed by atoms with Gasteiger partial charge < -0.3 is 47.4 Å².